The van der Waals surface area contributed by atoms with Crippen LogP contribution in [0.15, 0.2) is 61.2 Å². The molecule has 4 aromatic rings. The number of imidazole rings is 1. The van der Waals surface area contributed by atoms with E-state index < -0.39 is 5.82 Å². The van der Waals surface area contributed by atoms with Gasteiger partial charge in [0.05, 0.1) is 10.7 Å². The highest BCUT2D eigenvalue weighted by Crippen LogP contribution is 2.32. The van der Waals surface area contributed by atoms with Gasteiger partial charge < -0.3 is 0 Å². The lowest BCUT2D eigenvalue weighted by molar-refractivity contribution is 0.628. The fraction of sp³-hybridized carbons (Fsp3) is 0. The summed E-state index contributed by atoms with van der Waals surface area (Å²) in [6.07, 6.45) is 6.93. The second kappa shape index (κ2) is 5.90. The van der Waals surface area contributed by atoms with Crippen LogP contribution in [0.3, 0.4) is 0 Å². The van der Waals surface area contributed by atoms with Gasteiger partial charge in [-0.3, -0.25) is 14.6 Å². The van der Waals surface area contributed by atoms with Gasteiger partial charge in [0.2, 0.25) is 0 Å². The molecule has 0 bridgehead atoms. The average Bonchev–Trinajstić information content (AvgIpc) is 3.28. The van der Waals surface area contributed by atoms with Crippen molar-refractivity contribution in [3.8, 4) is 28.5 Å². The van der Waals surface area contributed by atoms with Crippen LogP contribution in [0.25, 0.3) is 28.5 Å². The minimum atomic E-state index is -0.462. The molecule has 5 nitrogen and oxygen atoms in total. The van der Waals surface area contributed by atoms with Gasteiger partial charge in [-0.2, -0.15) is 5.10 Å². The molecule has 0 aliphatic carbocycles. The predicted molar refractivity (Wildman–Crippen MR) is 89.3 cm³/mol. The molecular formula is C17H11ClFN5. The Morgan fingerprint density at radius 2 is 2.00 bits per heavy atom. The third-order valence-electron chi connectivity index (χ3n) is 3.62. The van der Waals surface area contributed by atoms with Crippen molar-refractivity contribution in [1.82, 2.24) is 24.7 Å². The molecule has 3 aromatic heterocycles. The summed E-state index contributed by atoms with van der Waals surface area (Å²) in [5.41, 5.74) is 2.18. The van der Waals surface area contributed by atoms with E-state index in [9.17, 15) is 4.39 Å². The molecule has 24 heavy (non-hydrogen) atoms. The van der Waals surface area contributed by atoms with Gasteiger partial charge in [0, 0.05) is 42.0 Å². The molecule has 0 saturated heterocycles. The third-order valence-corrected chi connectivity index (χ3v) is 3.90. The molecule has 0 atom stereocenters. The summed E-state index contributed by atoms with van der Waals surface area (Å²) in [6.45, 7) is 0. The maximum absolute atomic E-state index is 13.5. The van der Waals surface area contributed by atoms with E-state index >= 15 is 0 Å². The number of nitrogens with zero attached hydrogens (tertiary/aromatic N) is 4. The van der Waals surface area contributed by atoms with E-state index in [4.69, 9.17) is 11.6 Å². The summed E-state index contributed by atoms with van der Waals surface area (Å²) in [7, 11) is 0. The molecule has 0 unspecified atom stereocenters. The summed E-state index contributed by atoms with van der Waals surface area (Å²) in [6, 6.07) is 10.1. The zero-order valence-electron chi connectivity index (χ0n) is 12.3. The van der Waals surface area contributed by atoms with E-state index in [0.717, 1.165) is 11.4 Å². The monoisotopic (exact) mass is 339 g/mol. The van der Waals surface area contributed by atoms with Crippen molar-refractivity contribution in [1.29, 1.82) is 0 Å². The van der Waals surface area contributed by atoms with Crippen molar-refractivity contribution in [2.45, 2.75) is 0 Å². The number of benzene rings is 1. The lowest BCUT2D eigenvalue weighted by Gasteiger charge is -2.10. The van der Waals surface area contributed by atoms with Gasteiger partial charge in [-0.05, 0) is 30.3 Å². The highest BCUT2D eigenvalue weighted by Gasteiger charge is 2.15. The number of pyridine rings is 1. The Morgan fingerprint density at radius 1 is 1.08 bits per heavy atom. The fourth-order valence-electron chi connectivity index (χ4n) is 2.53. The van der Waals surface area contributed by atoms with Crippen LogP contribution in [-0.2, 0) is 0 Å². The fourth-order valence-corrected chi connectivity index (χ4v) is 2.71. The van der Waals surface area contributed by atoms with Crippen molar-refractivity contribution < 1.29 is 4.39 Å². The van der Waals surface area contributed by atoms with Gasteiger partial charge in [0.15, 0.2) is 5.82 Å². The van der Waals surface area contributed by atoms with E-state index in [0.29, 0.717) is 17.1 Å². The number of halogens is 2. The molecule has 0 spiro atoms. The molecule has 1 aromatic carbocycles. The van der Waals surface area contributed by atoms with Crippen LogP contribution in [0.2, 0.25) is 5.02 Å². The topological polar surface area (TPSA) is 59.4 Å². The molecule has 4 rings (SSSR count). The third kappa shape index (κ3) is 2.47. The molecule has 0 saturated carbocycles. The summed E-state index contributed by atoms with van der Waals surface area (Å²) in [5.74, 6) is 0.941. The van der Waals surface area contributed by atoms with Crippen molar-refractivity contribution in [2.24, 2.45) is 0 Å². The van der Waals surface area contributed by atoms with Crippen LogP contribution < -0.4 is 0 Å². The molecule has 0 fully saturated rings. The standard InChI is InChI=1S/C17H11ClFN5/c18-13-10-11(3-4-14(13)19)16-12(2-1-6-20-16)17-21-8-9-24(17)15-5-7-22-23-15/h1-10H,(H,22,23). The molecule has 0 amide bonds. The number of aromatic nitrogens is 5. The number of hydrogen-bond acceptors (Lipinski definition) is 3. The first-order chi connectivity index (χ1) is 11.7. The van der Waals surface area contributed by atoms with Crippen molar-refractivity contribution in [2.75, 3.05) is 0 Å². The van der Waals surface area contributed by atoms with Crippen LogP contribution in [0, 0.1) is 5.82 Å². The first-order valence-corrected chi connectivity index (χ1v) is 7.56. The van der Waals surface area contributed by atoms with E-state index in [2.05, 4.69) is 20.2 Å². The lowest BCUT2D eigenvalue weighted by Crippen LogP contribution is -1.99. The Kier molecular flexibility index (Phi) is 3.59. The smallest absolute Gasteiger partial charge is 0.160 e. The van der Waals surface area contributed by atoms with Crippen LogP contribution in [0.1, 0.15) is 0 Å². The number of H-pyrrole nitrogens is 1. The van der Waals surface area contributed by atoms with Crippen LogP contribution in [0.5, 0.6) is 0 Å². The second-order valence-corrected chi connectivity index (χ2v) is 5.49. The predicted octanol–water partition coefficient (Wildman–Crippen LogP) is 4.12. The van der Waals surface area contributed by atoms with E-state index in [1.165, 1.54) is 6.07 Å². The van der Waals surface area contributed by atoms with Gasteiger partial charge in [-0.15, -0.1) is 0 Å². The van der Waals surface area contributed by atoms with Crippen molar-refractivity contribution in [3.05, 3.63) is 72.0 Å². The first kappa shape index (κ1) is 14.6. The number of aromatic amines is 1. The van der Waals surface area contributed by atoms with Crippen molar-refractivity contribution >= 4 is 11.6 Å². The minimum absolute atomic E-state index is 0.0553. The molecule has 0 aliphatic rings. The lowest BCUT2D eigenvalue weighted by atomic mass is 10.1. The summed E-state index contributed by atoms with van der Waals surface area (Å²) >= 11 is 5.92. The molecule has 118 valence electrons. The molecule has 0 radical (unpaired) electrons. The quantitative estimate of drug-likeness (QED) is 0.611. The Bertz CT molecular complexity index is 994. The minimum Gasteiger partial charge on any atom is -0.284 e. The molecule has 7 heteroatoms. The molecular weight excluding hydrogens is 329 g/mol. The number of hydrogen-bond donors (Lipinski definition) is 1. The molecule has 0 aliphatic heterocycles. The molecule has 3 heterocycles. The van der Waals surface area contributed by atoms with Crippen LogP contribution in [0.4, 0.5) is 4.39 Å². The Morgan fingerprint density at radius 3 is 2.79 bits per heavy atom. The maximum Gasteiger partial charge on any atom is 0.160 e. The van der Waals surface area contributed by atoms with E-state index in [1.807, 2.05) is 29.0 Å². The van der Waals surface area contributed by atoms with Gasteiger partial charge in [-0.1, -0.05) is 11.6 Å². The highest BCUT2D eigenvalue weighted by atomic mass is 35.5. The average molecular weight is 340 g/mol. The van der Waals surface area contributed by atoms with E-state index in [-0.39, 0.29) is 5.02 Å². The zero-order chi connectivity index (χ0) is 16.5. The Labute approximate surface area is 141 Å². The summed E-state index contributed by atoms with van der Waals surface area (Å²) in [4.78, 5) is 8.87. The Hall–Kier alpha value is -2.99. The van der Waals surface area contributed by atoms with E-state index in [1.54, 1.807) is 30.7 Å². The van der Waals surface area contributed by atoms with Gasteiger partial charge >= 0.3 is 0 Å². The first-order valence-electron chi connectivity index (χ1n) is 7.18. The molecule has 1 N–H and O–H groups in total. The Balaban J connectivity index is 1.89. The van der Waals surface area contributed by atoms with Crippen LogP contribution in [-0.4, -0.2) is 24.7 Å². The van der Waals surface area contributed by atoms with Gasteiger partial charge in [0.1, 0.15) is 11.6 Å². The number of rotatable bonds is 3. The van der Waals surface area contributed by atoms with Crippen LogP contribution >= 0.6 is 11.6 Å². The van der Waals surface area contributed by atoms with Gasteiger partial charge in [0.25, 0.3) is 0 Å². The zero-order valence-corrected chi connectivity index (χ0v) is 13.1. The van der Waals surface area contributed by atoms with Gasteiger partial charge in [-0.25, -0.2) is 9.37 Å². The second-order valence-electron chi connectivity index (χ2n) is 5.08. The summed E-state index contributed by atoms with van der Waals surface area (Å²) in [5, 5.41) is 7.02. The summed E-state index contributed by atoms with van der Waals surface area (Å²) < 4.78 is 15.3. The normalized spacial score (nSPS) is 10.9. The number of nitrogens with one attached hydrogen (secondary N) is 1. The highest BCUT2D eigenvalue weighted by molar-refractivity contribution is 6.31. The van der Waals surface area contributed by atoms with Crippen molar-refractivity contribution in [3.63, 3.8) is 0 Å². The maximum atomic E-state index is 13.5. The SMILES string of the molecule is Fc1ccc(-c2ncccc2-c2nccn2-c2cc[nH]n2)cc1Cl. The largest absolute Gasteiger partial charge is 0.284 e.